The summed E-state index contributed by atoms with van der Waals surface area (Å²) < 4.78 is 6.53. The maximum Gasteiger partial charge on any atom is 0.306 e. The highest BCUT2D eigenvalue weighted by Gasteiger charge is 2.26. The molecular weight excluding hydrogens is 418 g/mol. The number of benzene rings is 2. The van der Waals surface area contributed by atoms with Gasteiger partial charge in [0.2, 0.25) is 5.91 Å². The Hall–Kier alpha value is -3.48. The van der Waals surface area contributed by atoms with Gasteiger partial charge in [-0.2, -0.15) is 0 Å². The van der Waals surface area contributed by atoms with E-state index in [2.05, 4.69) is 6.92 Å². The fourth-order valence-corrected chi connectivity index (χ4v) is 3.95. The van der Waals surface area contributed by atoms with Crippen molar-refractivity contribution in [2.24, 2.45) is 0 Å². The number of hydrogen-bond acceptors (Lipinski definition) is 5. The zero-order chi connectivity index (χ0) is 24.0. The van der Waals surface area contributed by atoms with Crippen LogP contribution in [0.4, 0.5) is 0 Å². The number of ether oxygens (including phenoxy) is 1. The third kappa shape index (κ3) is 5.30. The van der Waals surface area contributed by atoms with E-state index in [1.807, 2.05) is 50.2 Å². The zero-order valence-corrected chi connectivity index (χ0v) is 19.7. The maximum absolute atomic E-state index is 13.5. The van der Waals surface area contributed by atoms with Crippen LogP contribution in [0.5, 0.6) is 0 Å². The first kappa shape index (κ1) is 24.2. The van der Waals surface area contributed by atoms with Crippen molar-refractivity contribution in [1.82, 2.24) is 14.5 Å². The number of aromatic nitrogens is 2. The van der Waals surface area contributed by atoms with Crippen LogP contribution in [0.3, 0.4) is 0 Å². The van der Waals surface area contributed by atoms with E-state index >= 15 is 0 Å². The Kier molecular flexibility index (Phi) is 7.98. The van der Waals surface area contributed by atoms with E-state index in [4.69, 9.17) is 9.72 Å². The van der Waals surface area contributed by atoms with Gasteiger partial charge in [-0.1, -0.05) is 31.2 Å². The Labute approximate surface area is 194 Å². The topological polar surface area (TPSA) is 81.5 Å². The largest absolute Gasteiger partial charge is 0.466 e. The molecule has 1 atom stereocenters. The normalized spacial score (nSPS) is 11.9. The van der Waals surface area contributed by atoms with Crippen LogP contribution in [0.25, 0.3) is 16.6 Å². The molecule has 0 spiro atoms. The van der Waals surface area contributed by atoms with Crippen LogP contribution in [0, 0.1) is 0 Å². The van der Waals surface area contributed by atoms with Gasteiger partial charge >= 0.3 is 5.97 Å². The molecule has 0 fully saturated rings. The van der Waals surface area contributed by atoms with Crippen LogP contribution in [0.15, 0.2) is 53.3 Å². The van der Waals surface area contributed by atoms with E-state index in [1.165, 1.54) is 5.56 Å². The van der Waals surface area contributed by atoms with Gasteiger partial charge in [0.25, 0.3) is 5.56 Å². The number of rotatable bonds is 9. The fraction of sp³-hybridized carbons (Fsp3) is 0.385. The van der Waals surface area contributed by atoms with Gasteiger partial charge in [-0.15, -0.1) is 0 Å². The molecule has 0 N–H and O–H groups in total. The molecule has 3 aromatic rings. The Morgan fingerprint density at radius 3 is 2.36 bits per heavy atom. The van der Waals surface area contributed by atoms with Crippen LogP contribution >= 0.6 is 0 Å². The molecule has 1 heterocycles. The molecule has 1 unspecified atom stereocenters. The number of para-hydroxylation sites is 1. The van der Waals surface area contributed by atoms with Crippen molar-refractivity contribution in [1.29, 1.82) is 0 Å². The molecule has 33 heavy (non-hydrogen) atoms. The summed E-state index contributed by atoms with van der Waals surface area (Å²) in [6.45, 7) is 8.24. The smallest absolute Gasteiger partial charge is 0.306 e. The lowest BCUT2D eigenvalue weighted by atomic mass is 10.1. The Bertz CT molecular complexity index is 1180. The minimum Gasteiger partial charge on any atom is -0.466 e. The molecule has 0 saturated heterocycles. The van der Waals surface area contributed by atoms with E-state index < -0.39 is 12.0 Å². The van der Waals surface area contributed by atoms with Crippen LogP contribution < -0.4 is 5.56 Å². The zero-order valence-electron chi connectivity index (χ0n) is 19.7. The van der Waals surface area contributed by atoms with Gasteiger partial charge in [0, 0.05) is 13.0 Å². The van der Waals surface area contributed by atoms with Gasteiger partial charge in [0.05, 0.1) is 35.7 Å². The van der Waals surface area contributed by atoms with Gasteiger partial charge in [-0.05, 0) is 57.0 Å². The van der Waals surface area contributed by atoms with E-state index in [0.717, 1.165) is 6.42 Å². The lowest BCUT2D eigenvalue weighted by Gasteiger charge is -2.29. The highest BCUT2D eigenvalue weighted by Crippen LogP contribution is 2.24. The summed E-state index contributed by atoms with van der Waals surface area (Å²) >= 11 is 0. The molecule has 3 rings (SSSR count). The minimum absolute atomic E-state index is 0.0202. The summed E-state index contributed by atoms with van der Waals surface area (Å²) in [7, 11) is 0. The summed E-state index contributed by atoms with van der Waals surface area (Å²) in [6, 6.07) is 14.5. The lowest BCUT2D eigenvalue weighted by Crippen LogP contribution is -2.37. The molecular formula is C26H31N3O4. The highest BCUT2D eigenvalue weighted by molar-refractivity contribution is 5.82. The fourth-order valence-electron chi connectivity index (χ4n) is 3.95. The van der Waals surface area contributed by atoms with E-state index in [0.29, 0.717) is 29.0 Å². The van der Waals surface area contributed by atoms with Gasteiger partial charge in [0.1, 0.15) is 5.82 Å². The third-order valence-corrected chi connectivity index (χ3v) is 5.75. The molecule has 0 saturated carbocycles. The molecule has 7 heteroatoms. The highest BCUT2D eigenvalue weighted by atomic mass is 16.5. The molecule has 0 aliphatic carbocycles. The lowest BCUT2D eigenvalue weighted by molar-refractivity contribution is -0.146. The Morgan fingerprint density at radius 1 is 1.03 bits per heavy atom. The first-order valence-electron chi connectivity index (χ1n) is 11.5. The van der Waals surface area contributed by atoms with Gasteiger partial charge in [-0.3, -0.25) is 19.0 Å². The average molecular weight is 450 g/mol. The van der Waals surface area contributed by atoms with Gasteiger partial charge in [0.15, 0.2) is 0 Å². The first-order chi connectivity index (χ1) is 15.9. The molecule has 174 valence electrons. The summed E-state index contributed by atoms with van der Waals surface area (Å²) in [5.41, 5.74) is 2.27. The van der Waals surface area contributed by atoms with Crippen molar-refractivity contribution in [3.63, 3.8) is 0 Å². The minimum atomic E-state index is -0.479. The van der Waals surface area contributed by atoms with Crippen LogP contribution in [-0.2, 0) is 20.7 Å². The van der Waals surface area contributed by atoms with E-state index in [9.17, 15) is 14.4 Å². The maximum atomic E-state index is 13.5. The second-order valence-electron chi connectivity index (χ2n) is 7.81. The second kappa shape index (κ2) is 10.9. The van der Waals surface area contributed by atoms with Crippen molar-refractivity contribution in [2.45, 2.75) is 53.0 Å². The molecule has 0 aliphatic heterocycles. The van der Waals surface area contributed by atoms with Gasteiger partial charge < -0.3 is 9.64 Å². The van der Waals surface area contributed by atoms with Crippen molar-refractivity contribution >= 4 is 22.8 Å². The summed E-state index contributed by atoms with van der Waals surface area (Å²) in [4.78, 5) is 44.7. The Balaban J connectivity index is 2.06. The van der Waals surface area contributed by atoms with Crippen molar-refractivity contribution < 1.29 is 14.3 Å². The van der Waals surface area contributed by atoms with Crippen molar-refractivity contribution in [3.8, 4) is 5.69 Å². The van der Waals surface area contributed by atoms with Crippen LogP contribution in [-0.4, -0.2) is 39.5 Å². The molecule has 0 bridgehead atoms. The quantitative estimate of drug-likeness (QED) is 0.457. The Morgan fingerprint density at radius 2 is 1.73 bits per heavy atom. The average Bonchev–Trinajstić information content (AvgIpc) is 2.83. The summed E-state index contributed by atoms with van der Waals surface area (Å²) in [6.07, 6.45) is 0.958. The number of carbonyl (C=O) groups is 2. The number of aryl methyl sites for hydroxylation is 1. The first-order valence-corrected chi connectivity index (χ1v) is 11.5. The molecule has 1 amide bonds. The molecule has 1 aromatic heterocycles. The number of esters is 1. The molecule has 0 aliphatic rings. The standard InChI is InChI=1S/C26H31N3O4/c1-5-19-12-14-20(15-13-19)29-25(27-22-11-9-8-10-21(22)26(29)32)18(4)28(6-2)23(30)16-17-24(31)33-7-3/h8-15,18H,5-7,16-17H2,1-4H3. The summed E-state index contributed by atoms with van der Waals surface area (Å²) in [5.74, 6) is -0.103. The molecule has 7 nitrogen and oxygen atoms in total. The monoisotopic (exact) mass is 449 g/mol. The van der Waals surface area contributed by atoms with E-state index in [1.54, 1.807) is 28.5 Å². The number of hydrogen-bond donors (Lipinski definition) is 0. The predicted octanol–water partition coefficient (Wildman–Crippen LogP) is 4.20. The van der Waals surface area contributed by atoms with Crippen molar-refractivity contribution in [3.05, 3.63) is 70.3 Å². The predicted molar refractivity (Wildman–Crippen MR) is 128 cm³/mol. The molecule has 0 radical (unpaired) electrons. The number of nitrogens with zero attached hydrogens (tertiary/aromatic N) is 3. The number of fused-ring (bicyclic) bond motifs is 1. The molecule has 2 aromatic carbocycles. The SMILES string of the molecule is CCOC(=O)CCC(=O)N(CC)C(C)c1nc2ccccc2c(=O)n1-c1ccc(CC)cc1. The summed E-state index contributed by atoms with van der Waals surface area (Å²) in [5, 5.41) is 0.518. The number of amides is 1. The van der Waals surface area contributed by atoms with Crippen LogP contribution in [0.1, 0.15) is 58.0 Å². The van der Waals surface area contributed by atoms with Gasteiger partial charge in [-0.25, -0.2) is 4.98 Å². The third-order valence-electron chi connectivity index (χ3n) is 5.75. The second-order valence-corrected chi connectivity index (χ2v) is 7.81. The number of carbonyl (C=O) groups excluding carboxylic acids is 2. The van der Waals surface area contributed by atoms with E-state index in [-0.39, 0.29) is 30.9 Å². The van der Waals surface area contributed by atoms with Crippen molar-refractivity contribution in [2.75, 3.05) is 13.2 Å². The van der Waals surface area contributed by atoms with Crippen LogP contribution in [0.2, 0.25) is 0 Å².